The minimum atomic E-state index is 0.107. The second-order valence-corrected chi connectivity index (χ2v) is 5.57. The molecule has 0 aromatic rings. The van der Waals surface area contributed by atoms with E-state index in [0.29, 0.717) is 0 Å². The van der Waals surface area contributed by atoms with E-state index < -0.39 is 0 Å². The zero-order valence-corrected chi connectivity index (χ0v) is 11.9. The summed E-state index contributed by atoms with van der Waals surface area (Å²) >= 11 is 0. The van der Waals surface area contributed by atoms with Gasteiger partial charge in [0.05, 0.1) is 5.54 Å². The lowest BCUT2D eigenvalue weighted by molar-refractivity contribution is 0.0407. The maximum atomic E-state index is 12.7. The van der Waals surface area contributed by atoms with E-state index in [0.717, 1.165) is 32.7 Å². The largest absolute Gasteiger partial charge is 0.325 e. The van der Waals surface area contributed by atoms with Gasteiger partial charge in [0.25, 0.3) is 0 Å². The lowest BCUT2D eigenvalue weighted by Crippen LogP contribution is -2.65. The molecule has 2 amide bonds. The van der Waals surface area contributed by atoms with Gasteiger partial charge < -0.3 is 15.1 Å². The topological polar surface area (TPSA) is 35.6 Å². The average molecular weight is 253 g/mol. The van der Waals surface area contributed by atoms with Gasteiger partial charge in [0.2, 0.25) is 0 Å². The molecular weight excluding hydrogens is 226 g/mol. The Hall–Kier alpha value is -0.770. The van der Waals surface area contributed by atoms with Crippen molar-refractivity contribution in [2.75, 3.05) is 32.7 Å². The lowest BCUT2D eigenvalue weighted by atomic mass is 9.79. The Morgan fingerprint density at radius 2 is 1.89 bits per heavy atom. The highest BCUT2D eigenvalue weighted by molar-refractivity contribution is 5.75. The summed E-state index contributed by atoms with van der Waals surface area (Å²) < 4.78 is 0. The number of nitrogens with zero attached hydrogens (tertiary/aromatic N) is 2. The second kappa shape index (κ2) is 5.91. The van der Waals surface area contributed by atoms with Crippen LogP contribution < -0.4 is 5.32 Å². The number of hydrogen-bond acceptors (Lipinski definition) is 2. The first kappa shape index (κ1) is 13.7. The fourth-order valence-electron chi connectivity index (χ4n) is 3.46. The minimum absolute atomic E-state index is 0.107. The Morgan fingerprint density at radius 1 is 1.22 bits per heavy atom. The second-order valence-electron chi connectivity index (χ2n) is 5.57. The van der Waals surface area contributed by atoms with Crippen LogP contribution in [0.15, 0.2) is 0 Å². The third-order valence-corrected chi connectivity index (χ3v) is 4.59. The molecule has 2 aliphatic rings. The van der Waals surface area contributed by atoms with Crippen molar-refractivity contribution in [1.82, 2.24) is 15.1 Å². The van der Waals surface area contributed by atoms with Gasteiger partial charge in [0, 0.05) is 32.7 Å². The zero-order valence-electron chi connectivity index (χ0n) is 11.9. The third-order valence-electron chi connectivity index (χ3n) is 4.59. The summed E-state index contributed by atoms with van der Waals surface area (Å²) in [5.74, 6) is 0. The van der Waals surface area contributed by atoms with Crippen molar-refractivity contribution in [3.8, 4) is 0 Å². The van der Waals surface area contributed by atoms with E-state index in [2.05, 4.69) is 24.1 Å². The summed E-state index contributed by atoms with van der Waals surface area (Å²) in [5.41, 5.74) is 0.107. The van der Waals surface area contributed by atoms with Gasteiger partial charge >= 0.3 is 6.03 Å². The van der Waals surface area contributed by atoms with Crippen molar-refractivity contribution in [1.29, 1.82) is 0 Å². The molecule has 2 fully saturated rings. The minimum Gasteiger partial charge on any atom is -0.325 e. The Kier molecular flexibility index (Phi) is 4.49. The smallest absolute Gasteiger partial charge is 0.320 e. The van der Waals surface area contributed by atoms with Crippen LogP contribution in [0.3, 0.4) is 0 Å². The summed E-state index contributed by atoms with van der Waals surface area (Å²) in [7, 11) is 0. The number of carbonyl (C=O) groups is 1. The molecule has 1 spiro atoms. The van der Waals surface area contributed by atoms with E-state index in [1.54, 1.807) is 0 Å². The molecule has 0 aromatic carbocycles. The standard InChI is InChI=1S/C14H27N3O/c1-3-16(4-2)13(18)17-11-10-15-12-14(17)8-6-5-7-9-14/h15H,3-12H2,1-2H3. The van der Waals surface area contributed by atoms with Crippen LogP contribution in [0.5, 0.6) is 0 Å². The molecular formula is C14H27N3O. The number of hydrogen-bond donors (Lipinski definition) is 1. The maximum Gasteiger partial charge on any atom is 0.320 e. The van der Waals surface area contributed by atoms with Crippen molar-refractivity contribution in [3.63, 3.8) is 0 Å². The van der Waals surface area contributed by atoms with Crippen LogP contribution in [0.4, 0.5) is 4.79 Å². The maximum absolute atomic E-state index is 12.7. The molecule has 0 unspecified atom stereocenters. The first-order valence-electron chi connectivity index (χ1n) is 7.51. The molecule has 1 aliphatic carbocycles. The molecule has 0 bridgehead atoms. The van der Waals surface area contributed by atoms with Gasteiger partial charge in [0.15, 0.2) is 0 Å². The van der Waals surface area contributed by atoms with Gasteiger partial charge in [-0.1, -0.05) is 19.3 Å². The number of amides is 2. The van der Waals surface area contributed by atoms with Crippen molar-refractivity contribution in [2.24, 2.45) is 0 Å². The molecule has 1 heterocycles. The predicted octanol–water partition coefficient (Wildman–Crippen LogP) is 2.06. The van der Waals surface area contributed by atoms with Crippen molar-refractivity contribution in [2.45, 2.75) is 51.5 Å². The van der Waals surface area contributed by atoms with E-state index >= 15 is 0 Å². The molecule has 4 nitrogen and oxygen atoms in total. The monoisotopic (exact) mass is 253 g/mol. The highest BCUT2D eigenvalue weighted by atomic mass is 16.2. The summed E-state index contributed by atoms with van der Waals surface area (Å²) in [6, 6.07) is 0.253. The summed E-state index contributed by atoms with van der Waals surface area (Å²) in [4.78, 5) is 16.8. The summed E-state index contributed by atoms with van der Waals surface area (Å²) in [6.45, 7) is 8.56. The molecule has 0 atom stereocenters. The molecule has 1 saturated heterocycles. The van der Waals surface area contributed by atoms with Gasteiger partial charge in [-0.15, -0.1) is 0 Å². The highest BCUT2D eigenvalue weighted by Gasteiger charge is 2.43. The van der Waals surface area contributed by atoms with Crippen LogP contribution in [-0.2, 0) is 0 Å². The Bertz CT molecular complexity index is 274. The van der Waals surface area contributed by atoms with Crippen LogP contribution in [0.1, 0.15) is 46.0 Å². The van der Waals surface area contributed by atoms with Gasteiger partial charge in [-0.3, -0.25) is 0 Å². The van der Waals surface area contributed by atoms with E-state index in [9.17, 15) is 4.79 Å². The van der Waals surface area contributed by atoms with Crippen LogP contribution in [0, 0.1) is 0 Å². The first-order chi connectivity index (χ1) is 8.73. The van der Waals surface area contributed by atoms with E-state index in [-0.39, 0.29) is 11.6 Å². The highest BCUT2D eigenvalue weighted by Crippen LogP contribution is 2.35. The Labute approximate surface area is 111 Å². The molecule has 104 valence electrons. The first-order valence-corrected chi connectivity index (χ1v) is 7.51. The molecule has 1 saturated carbocycles. The molecule has 18 heavy (non-hydrogen) atoms. The fraction of sp³-hybridized carbons (Fsp3) is 0.929. The molecule has 2 rings (SSSR count). The van der Waals surface area contributed by atoms with Gasteiger partial charge in [0.1, 0.15) is 0 Å². The van der Waals surface area contributed by atoms with Gasteiger partial charge in [-0.2, -0.15) is 0 Å². The van der Waals surface area contributed by atoms with Crippen molar-refractivity contribution in [3.05, 3.63) is 0 Å². The van der Waals surface area contributed by atoms with Crippen molar-refractivity contribution >= 4 is 6.03 Å². The number of nitrogens with one attached hydrogen (secondary N) is 1. The summed E-state index contributed by atoms with van der Waals surface area (Å²) in [5, 5.41) is 3.49. The molecule has 4 heteroatoms. The molecule has 0 aromatic heterocycles. The van der Waals surface area contributed by atoms with Crippen LogP contribution in [0.25, 0.3) is 0 Å². The number of rotatable bonds is 2. The normalized spacial score (nSPS) is 23.1. The number of piperazine rings is 1. The Morgan fingerprint density at radius 3 is 2.50 bits per heavy atom. The third kappa shape index (κ3) is 2.48. The van der Waals surface area contributed by atoms with Gasteiger partial charge in [-0.05, 0) is 26.7 Å². The van der Waals surface area contributed by atoms with Crippen LogP contribution in [-0.4, -0.2) is 54.1 Å². The number of urea groups is 1. The Balaban J connectivity index is 2.14. The van der Waals surface area contributed by atoms with Gasteiger partial charge in [-0.25, -0.2) is 4.79 Å². The van der Waals surface area contributed by atoms with E-state index in [4.69, 9.17) is 0 Å². The average Bonchev–Trinajstić information content (AvgIpc) is 2.41. The van der Waals surface area contributed by atoms with Crippen LogP contribution in [0.2, 0.25) is 0 Å². The SMILES string of the molecule is CCN(CC)C(=O)N1CCNCC12CCCCC2. The van der Waals surface area contributed by atoms with Crippen LogP contribution >= 0.6 is 0 Å². The lowest BCUT2D eigenvalue weighted by Gasteiger charge is -2.50. The summed E-state index contributed by atoms with van der Waals surface area (Å²) in [6.07, 6.45) is 6.21. The quantitative estimate of drug-likeness (QED) is 0.817. The fourth-order valence-corrected chi connectivity index (χ4v) is 3.46. The molecule has 1 N–H and O–H groups in total. The molecule has 1 aliphatic heterocycles. The van der Waals surface area contributed by atoms with E-state index in [1.165, 1.54) is 32.1 Å². The predicted molar refractivity (Wildman–Crippen MR) is 73.7 cm³/mol. The van der Waals surface area contributed by atoms with E-state index in [1.807, 2.05) is 4.90 Å². The molecule has 0 radical (unpaired) electrons. The number of carbonyl (C=O) groups excluding carboxylic acids is 1. The van der Waals surface area contributed by atoms with Crippen molar-refractivity contribution < 1.29 is 4.79 Å². The zero-order chi connectivity index (χ0) is 13.0.